The first-order chi connectivity index (χ1) is 8.74. The van der Waals surface area contributed by atoms with E-state index in [1.807, 2.05) is 12.1 Å². The summed E-state index contributed by atoms with van der Waals surface area (Å²) in [4.78, 5) is 11.9. The minimum atomic E-state index is -0.303. The number of hydrogen-bond donors (Lipinski definition) is 2. The predicted molar refractivity (Wildman–Crippen MR) is 70.5 cm³/mol. The van der Waals surface area contributed by atoms with Crippen molar-refractivity contribution >= 4 is 38.4 Å². The number of fused-ring (bicyclic) bond motifs is 1. The fraction of sp³-hybridized carbons (Fsp3) is 0. The summed E-state index contributed by atoms with van der Waals surface area (Å²) in [5, 5.41) is 10.5. The molecule has 18 heavy (non-hydrogen) atoms. The molecule has 90 valence electrons. The topological polar surface area (TPSA) is 70.9 Å². The number of furan rings is 1. The largest absolute Gasteiger partial charge is 0.444 e. The fourth-order valence-electron chi connectivity index (χ4n) is 1.69. The molecule has 3 rings (SSSR count). The highest BCUT2D eigenvalue weighted by atomic mass is 79.9. The molecule has 0 saturated heterocycles. The van der Waals surface area contributed by atoms with E-state index in [0.29, 0.717) is 10.4 Å². The van der Waals surface area contributed by atoms with Crippen molar-refractivity contribution in [1.29, 1.82) is 0 Å². The lowest BCUT2D eigenvalue weighted by molar-refractivity contribution is 0.0995. The van der Waals surface area contributed by atoms with Gasteiger partial charge < -0.3 is 9.73 Å². The third kappa shape index (κ3) is 1.91. The van der Waals surface area contributed by atoms with Crippen LogP contribution in [0.25, 0.3) is 10.9 Å². The number of amides is 1. The molecule has 0 bridgehead atoms. The Morgan fingerprint density at radius 1 is 1.33 bits per heavy atom. The molecule has 5 nitrogen and oxygen atoms in total. The van der Waals surface area contributed by atoms with Crippen LogP contribution in [-0.2, 0) is 0 Å². The number of aromatic amines is 1. The van der Waals surface area contributed by atoms with E-state index in [2.05, 4.69) is 31.4 Å². The van der Waals surface area contributed by atoms with E-state index in [1.165, 1.54) is 0 Å². The Labute approximate surface area is 110 Å². The van der Waals surface area contributed by atoms with E-state index in [4.69, 9.17) is 4.42 Å². The Morgan fingerprint density at radius 3 is 3.00 bits per heavy atom. The second-order valence-electron chi connectivity index (χ2n) is 3.70. The summed E-state index contributed by atoms with van der Waals surface area (Å²) in [5.41, 5.74) is 1.46. The number of nitrogens with zero attached hydrogens (tertiary/aromatic N) is 1. The van der Waals surface area contributed by atoms with Gasteiger partial charge in [-0.3, -0.25) is 9.89 Å². The van der Waals surface area contributed by atoms with Gasteiger partial charge in [-0.2, -0.15) is 5.10 Å². The Kier molecular flexibility index (Phi) is 2.64. The normalized spacial score (nSPS) is 10.7. The highest BCUT2D eigenvalue weighted by molar-refractivity contribution is 9.10. The van der Waals surface area contributed by atoms with Crippen molar-refractivity contribution in [1.82, 2.24) is 10.2 Å². The third-order valence-electron chi connectivity index (χ3n) is 2.52. The molecule has 0 atom stereocenters. The number of carbonyl (C=O) groups is 1. The van der Waals surface area contributed by atoms with Gasteiger partial charge in [0.1, 0.15) is 0 Å². The third-order valence-corrected chi connectivity index (χ3v) is 2.95. The van der Waals surface area contributed by atoms with Gasteiger partial charge in [-0.25, -0.2) is 0 Å². The summed E-state index contributed by atoms with van der Waals surface area (Å²) in [5.74, 6) is -0.0545. The summed E-state index contributed by atoms with van der Waals surface area (Å²) in [6.07, 6.45) is 1.70. The van der Waals surface area contributed by atoms with Crippen LogP contribution in [0.1, 0.15) is 10.6 Å². The van der Waals surface area contributed by atoms with Crippen molar-refractivity contribution in [3.63, 3.8) is 0 Å². The van der Waals surface area contributed by atoms with E-state index < -0.39 is 0 Å². The molecule has 1 amide bonds. The SMILES string of the molecule is O=C(Nc1cccc2cn[nH]c12)c1ccc(Br)o1. The van der Waals surface area contributed by atoms with Gasteiger partial charge in [-0.1, -0.05) is 12.1 Å². The summed E-state index contributed by atoms with van der Waals surface area (Å²) in [6, 6.07) is 8.85. The highest BCUT2D eigenvalue weighted by Crippen LogP contribution is 2.22. The van der Waals surface area contributed by atoms with Crippen LogP contribution in [-0.4, -0.2) is 16.1 Å². The summed E-state index contributed by atoms with van der Waals surface area (Å²) in [6.45, 7) is 0. The van der Waals surface area contributed by atoms with Crippen LogP contribution in [0.4, 0.5) is 5.69 Å². The van der Waals surface area contributed by atoms with Crippen LogP contribution in [0.3, 0.4) is 0 Å². The van der Waals surface area contributed by atoms with E-state index in [1.54, 1.807) is 24.4 Å². The number of benzene rings is 1. The second-order valence-corrected chi connectivity index (χ2v) is 4.48. The van der Waals surface area contributed by atoms with Gasteiger partial charge in [0.15, 0.2) is 10.4 Å². The average Bonchev–Trinajstić information content (AvgIpc) is 2.97. The first-order valence-corrected chi connectivity index (χ1v) is 6.02. The number of anilines is 1. The molecule has 0 radical (unpaired) electrons. The number of para-hydroxylation sites is 1. The maximum Gasteiger partial charge on any atom is 0.291 e. The van der Waals surface area contributed by atoms with Gasteiger partial charge >= 0.3 is 0 Å². The van der Waals surface area contributed by atoms with Crippen molar-refractivity contribution in [2.45, 2.75) is 0 Å². The molecule has 0 unspecified atom stereocenters. The van der Waals surface area contributed by atoms with Crippen LogP contribution >= 0.6 is 15.9 Å². The Balaban J connectivity index is 1.92. The molecule has 1 aromatic carbocycles. The van der Waals surface area contributed by atoms with Crippen molar-refractivity contribution in [3.05, 3.63) is 47.0 Å². The molecule has 3 aromatic rings. The van der Waals surface area contributed by atoms with Crippen molar-refractivity contribution in [2.24, 2.45) is 0 Å². The molecule has 0 spiro atoms. The van der Waals surface area contributed by atoms with Crippen molar-refractivity contribution in [2.75, 3.05) is 5.32 Å². The molecule has 0 aliphatic carbocycles. The van der Waals surface area contributed by atoms with E-state index in [9.17, 15) is 4.79 Å². The van der Waals surface area contributed by atoms with E-state index in [0.717, 1.165) is 10.9 Å². The minimum absolute atomic E-state index is 0.249. The maximum absolute atomic E-state index is 11.9. The van der Waals surface area contributed by atoms with E-state index in [-0.39, 0.29) is 11.7 Å². The number of hydrogen-bond acceptors (Lipinski definition) is 3. The number of aromatic nitrogens is 2. The maximum atomic E-state index is 11.9. The number of carbonyl (C=O) groups excluding carboxylic acids is 1. The highest BCUT2D eigenvalue weighted by Gasteiger charge is 2.12. The molecule has 0 aliphatic heterocycles. The Bertz CT molecular complexity index is 717. The van der Waals surface area contributed by atoms with Crippen molar-refractivity contribution < 1.29 is 9.21 Å². The quantitative estimate of drug-likeness (QED) is 0.764. The zero-order valence-corrected chi connectivity index (χ0v) is 10.7. The van der Waals surface area contributed by atoms with Crippen molar-refractivity contribution in [3.8, 4) is 0 Å². The molecule has 6 heteroatoms. The lowest BCUT2D eigenvalue weighted by atomic mass is 10.2. The first-order valence-electron chi connectivity index (χ1n) is 5.23. The Hall–Kier alpha value is -2.08. The van der Waals surface area contributed by atoms with Crippen LogP contribution < -0.4 is 5.32 Å². The van der Waals surface area contributed by atoms with Gasteiger partial charge in [-0.15, -0.1) is 0 Å². The smallest absolute Gasteiger partial charge is 0.291 e. The summed E-state index contributed by atoms with van der Waals surface area (Å²) < 4.78 is 5.71. The molecule has 2 heterocycles. The lowest BCUT2D eigenvalue weighted by Gasteiger charge is -2.03. The average molecular weight is 306 g/mol. The van der Waals surface area contributed by atoms with Gasteiger partial charge in [0.05, 0.1) is 17.4 Å². The molecule has 0 saturated carbocycles. The number of rotatable bonds is 2. The molecule has 2 N–H and O–H groups in total. The predicted octanol–water partition coefficient (Wildman–Crippen LogP) is 3.17. The van der Waals surface area contributed by atoms with Gasteiger partial charge in [0.25, 0.3) is 5.91 Å². The number of halogens is 1. The van der Waals surface area contributed by atoms with Crippen LogP contribution in [0.15, 0.2) is 45.6 Å². The second kappa shape index (κ2) is 4.30. The fourth-order valence-corrected chi connectivity index (χ4v) is 2.00. The molecular weight excluding hydrogens is 298 g/mol. The number of H-pyrrole nitrogens is 1. The van der Waals surface area contributed by atoms with Crippen LogP contribution in [0, 0.1) is 0 Å². The Morgan fingerprint density at radius 2 is 2.22 bits per heavy atom. The van der Waals surface area contributed by atoms with Crippen LogP contribution in [0.2, 0.25) is 0 Å². The minimum Gasteiger partial charge on any atom is -0.444 e. The standard InChI is InChI=1S/C12H8BrN3O2/c13-10-5-4-9(18-10)12(17)15-8-3-1-2-7-6-14-16-11(7)8/h1-6H,(H,14,16)(H,15,17). The summed E-state index contributed by atoms with van der Waals surface area (Å²) in [7, 11) is 0. The van der Waals surface area contributed by atoms with Gasteiger partial charge in [0.2, 0.25) is 0 Å². The van der Waals surface area contributed by atoms with E-state index >= 15 is 0 Å². The number of nitrogens with one attached hydrogen (secondary N) is 2. The molecular formula is C12H8BrN3O2. The molecule has 0 aliphatic rings. The molecule has 2 aromatic heterocycles. The first kappa shape index (κ1) is 11.0. The van der Waals surface area contributed by atoms with Crippen LogP contribution in [0.5, 0.6) is 0 Å². The monoisotopic (exact) mass is 305 g/mol. The zero-order chi connectivity index (χ0) is 12.5. The van der Waals surface area contributed by atoms with Gasteiger partial charge in [0, 0.05) is 5.39 Å². The lowest BCUT2D eigenvalue weighted by Crippen LogP contribution is -2.11. The summed E-state index contributed by atoms with van der Waals surface area (Å²) >= 11 is 3.16. The van der Waals surface area contributed by atoms with Gasteiger partial charge in [-0.05, 0) is 34.1 Å². The zero-order valence-electron chi connectivity index (χ0n) is 9.11. The molecule has 0 fully saturated rings.